The van der Waals surface area contributed by atoms with E-state index in [9.17, 15) is 18.0 Å². The summed E-state index contributed by atoms with van der Waals surface area (Å²) in [4.78, 5) is 34.7. The van der Waals surface area contributed by atoms with Gasteiger partial charge in [-0.25, -0.2) is 14.8 Å². The van der Waals surface area contributed by atoms with E-state index in [4.69, 9.17) is 26.5 Å². The normalized spacial score (nSPS) is 11.4. The predicted octanol–water partition coefficient (Wildman–Crippen LogP) is 6.81. The summed E-state index contributed by atoms with van der Waals surface area (Å²) in [6.45, 7) is 0. The van der Waals surface area contributed by atoms with Gasteiger partial charge in [-0.05, 0) is 54.1 Å². The number of hydrogen-bond donors (Lipinski definition) is 1. The van der Waals surface area contributed by atoms with Crippen LogP contribution in [-0.4, -0.2) is 50.4 Å². The Hall–Kier alpha value is -4.68. The highest BCUT2D eigenvalue weighted by atomic mass is 35.5. The molecular formula is C29H21ClF3N5O3S. The first-order valence-electron chi connectivity index (χ1n) is 12.3. The van der Waals surface area contributed by atoms with Crippen LogP contribution in [0.25, 0.3) is 43.1 Å². The van der Waals surface area contributed by atoms with E-state index in [1.54, 1.807) is 10.9 Å². The number of imidazole rings is 1. The van der Waals surface area contributed by atoms with Crippen molar-refractivity contribution in [2.75, 3.05) is 19.0 Å². The van der Waals surface area contributed by atoms with E-state index in [2.05, 4.69) is 21.7 Å². The van der Waals surface area contributed by atoms with Gasteiger partial charge in [0.2, 0.25) is 5.95 Å². The van der Waals surface area contributed by atoms with E-state index in [1.807, 2.05) is 85.7 Å². The number of fused-ring (bicyclic) bond motifs is 2. The van der Waals surface area contributed by atoms with Crippen molar-refractivity contribution in [3.63, 3.8) is 0 Å². The number of carbonyl (C=O) groups is 1. The molecule has 6 rings (SSSR count). The molecule has 3 aromatic carbocycles. The summed E-state index contributed by atoms with van der Waals surface area (Å²) in [6.07, 6.45) is -3.49. The number of aliphatic carboxylic acids is 1. The molecule has 0 amide bonds. The number of anilines is 1. The maximum Gasteiger partial charge on any atom is 0.490 e. The number of aromatic nitrogens is 4. The molecule has 0 radical (unpaired) electrons. The number of para-hydroxylation sites is 1. The minimum absolute atomic E-state index is 0.102. The predicted molar refractivity (Wildman–Crippen MR) is 158 cm³/mol. The van der Waals surface area contributed by atoms with Crippen molar-refractivity contribution < 1.29 is 23.1 Å². The number of halogens is 4. The number of thiophene rings is 1. The Morgan fingerprint density at radius 2 is 1.62 bits per heavy atom. The SMILES string of the molecule is CN(C)c1nc2cc(-n3cnc4cc(-c5ccc(Cl)cc5)sc4c3=O)ccc2n1-c1ccccc1.O=C(O)C(F)(F)F. The van der Waals surface area contributed by atoms with Crippen molar-refractivity contribution in [1.29, 1.82) is 0 Å². The van der Waals surface area contributed by atoms with Crippen LogP contribution < -0.4 is 10.5 Å². The number of carboxylic acid groups (broad SMARTS) is 1. The van der Waals surface area contributed by atoms with Gasteiger partial charge in [0.1, 0.15) is 11.0 Å². The third-order valence-electron chi connectivity index (χ3n) is 6.12. The summed E-state index contributed by atoms with van der Waals surface area (Å²) in [5, 5.41) is 7.80. The van der Waals surface area contributed by atoms with Crippen LogP contribution >= 0.6 is 22.9 Å². The molecule has 0 unspecified atom stereocenters. The smallest absolute Gasteiger partial charge is 0.475 e. The molecule has 0 saturated heterocycles. The molecular weight excluding hydrogens is 591 g/mol. The van der Waals surface area contributed by atoms with Gasteiger partial charge in [-0.3, -0.25) is 13.9 Å². The van der Waals surface area contributed by atoms with Crippen LogP contribution in [0.1, 0.15) is 0 Å². The zero-order valence-corrected chi connectivity index (χ0v) is 23.6. The third kappa shape index (κ3) is 5.71. The van der Waals surface area contributed by atoms with Crippen LogP contribution in [-0.2, 0) is 4.79 Å². The van der Waals surface area contributed by atoms with Crippen LogP contribution in [0.5, 0.6) is 0 Å². The highest BCUT2D eigenvalue weighted by Crippen LogP contribution is 2.32. The van der Waals surface area contributed by atoms with Crippen molar-refractivity contribution in [3.05, 3.63) is 101 Å². The molecule has 214 valence electrons. The summed E-state index contributed by atoms with van der Waals surface area (Å²) in [6, 6.07) is 25.5. The van der Waals surface area contributed by atoms with E-state index in [1.165, 1.54) is 11.3 Å². The summed E-state index contributed by atoms with van der Waals surface area (Å²) in [7, 11) is 3.94. The highest BCUT2D eigenvalue weighted by molar-refractivity contribution is 7.22. The van der Waals surface area contributed by atoms with Crippen LogP contribution in [0.4, 0.5) is 19.1 Å². The molecule has 13 heteroatoms. The van der Waals surface area contributed by atoms with Gasteiger partial charge in [-0.1, -0.05) is 41.9 Å². The van der Waals surface area contributed by atoms with E-state index >= 15 is 0 Å². The Kier molecular flexibility index (Phi) is 7.76. The van der Waals surface area contributed by atoms with Gasteiger partial charge in [0, 0.05) is 29.7 Å². The standard InChI is InChI=1S/C27H20ClN5OS.C2HF3O2/c1-31(2)27-30-21-14-20(12-13-23(21)33(27)19-6-4-3-5-7-19)32-16-29-22-15-24(35-25(22)26(32)34)17-8-10-18(28)11-9-17;3-2(4,5)1(6)7/h3-16H,1-2H3;(H,6,7). The largest absolute Gasteiger partial charge is 0.490 e. The van der Waals surface area contributed by atoms with Gasteiger partial charge in [0.25, 0.3) is 5.56 Å². The summed E-state index contributed by atoms with van der Waals surface area (Å²) < 4.78 is 36.0. The first-order chi connectivity index (χ1) is 19.9. The molecule has 0 atom stereocenters. The second kappa shape index (κ2) is 11.3. The number of rotatable bonds is 4. The van der Waals surface area contributed by atoms with Gasteiger partial charge in [0.05, 0.1) is 22.2 Å². The lowest BCUT2D eigenvalue weighted by Crippen LogP contribution is -2.21. The molecule has 8 nitrogen and oxygen atoms in total. The summed E-state index contributed by atoms with van der Waals surface area (Å²) >= 11 is 7.46. The molecule has 3 heterocycles. The second-order valence-corrected chi connectivity index (χ2v) is 10.7. The fourth-order valence-corrected chi connectivity index (χ4v) is 5.36. The Labute approximate surface area is 245 Å². The lowest BCUT2D eigenvalue weighted by molar-refractivity contribution is -0.192. The number of carboxylic acids is 1. The van der Waals surface area contributed by atoms with Crippen molar-refractivity contribution in [1.82, 2.24) is 19.1 Å². The average Bonchev–Trinajstić information content (AvgIpc) is 3.56. The topological polar surface area (TPSA) is 93.3 Å². The fraction of sp³-hybridized carbons (Fsp3) is 0.103. The van der Waals surface area contributed by atoms with E-state index in [-0.39, 0.29) is 5.56 Å². The fourth-order valence-electron chi connectivity index (χ4n) is 4.19. The summed E-state index contributed by atoms with van der Waals surface area (Å²) in [5.74, 6) is -1.94. The third-order valence-corrected chi connectivity index (χ3v) is 7.54. The molecule has 0 aliphatic heterocycles. The molecule has 0 aliphatic carbocycles. The van der Waals surface area contributed by atoms with E-state index in [0.717, 1.165) is 38.8 Å². The quantitative estimate of drug-likeness (QED) is 0.236. The van der Waals surface area contributed by atoms with Crippen molar-refractivity contribution >= 4 is 56.1 Å². The highest BCUT2D eigenvalue weighted by Gasteiger charge is 2.38. The maximum atomic E-state index is 13.4. The van der Waals surface area contributed by atoms with Crippen molar-refractivity contribution in [3.8, 4) is 21.8 Å². The number of alkyl halides is 3. The lowest BCUT2D eigenvalue weighted by atomic mass is 10.2. The first-order valence-corrected chi connectivity index (χ1v) is 13.5. The monoisotopic (exact) mass is 611 g/mol. The Morgan fingerprint density at radius 3 is 2.24 bits per heavy atom. The zero-order valence-electron chi connectivity index (χ0n) is 22.0. The summed E-state index contributed by atoms with van der Waals surface area (Å²) in [5.41, 5.74) is 5.11. The van der Waals surface area contributed by atoms with E-state index < -0.39 is 12.1 Å². The van der Waals surface area contributed by atoms with Gasteiger partial charge < -0.3 is 10.0 Å². The van der Waals surface area contributed by atoms with E-state index in [0.29, 0.717) is 15.2 Å². The van der Waals surface area contributed by atoms with Crippen molar-refractivity contribution in [2.45, 2.75) is 6.18 Å². The number of hydrogen-bond acceptors (Lipinski definition) is 6. The Balaban J connectivity index is 0.000000451. The Bertz CT molecular complexity index is 1970. The van der Waals surface area contributed by atoms with Crippen LogP contribution in [0.2, 0.25) is 5.02 Å². The molecule has 1 N–H and O–H groups in total. The van der Waals surface area contributed by atoms with Gasteiger partial charge in [-0.2, -0.15) is 13.2 Å². The zero-order chi connectivity index (χ0) is 30.2. The van der Waals surface area contributed by atoms with Crippen LogP contribution in [0.15, 0.2) is 90.0 Å². The molecule has 0 spiro atoms. The molecule has 3 aromatic heterocycles. The minimum Gasteiger partial charge on any atom is -0.475 e. The molecule has 0 fully saturated rings. The molecule has 0 bridgehead atoms. The molecule has 0 aliphatic rings. The van der Waals surface area contributed by atoms with Gasteiger partial charge in [-0.15, -0.1) is 11.3 Å². The first kappa shape index (κ1) is 28.8. The van der Waals surface area contributed by atoms with Gasteiger partial charge >= 0.3 is 12.1 Å². The number of nitrogens with zero attached hydrogens (tertiary/aromatic N) is 5. The van der Waals surface area contributed by atoms with Crippen LogP contribution in [0.3, 0.4) is 0 Å². The van der Waals surface area contributed by atoms with Crippen LogP contribution in [0, 0.1) is 0 Å². The molecule has 6 aromatic rings. The minimum atomic E-state index is -5.08. The van der Waals surface area contributed by atoms with Crippen molar-refractivity contribution in [2.24, 2.45) is 0 Å². The second-order valence-electron chi connectivity index (χ2n) is 9.20. The number of benzene rings is 3. The lowest BCUT2D eigenvalue weighted by Gasteiger charge is -2.15. The average molecular weight is 612 g/mol. The Morgan fingerprint density at radius 1 is 0.952 bits per heavy atom. The van der Waals surface area contributed by atoms with Gasteiger partial charge in [0.15, 0.2) is 0 Å². The molecule has 42 heavy (non-hydrogen) atoms. The molecule has 0 saturated carbocycles. The maximum absolute atomic E-state index is 13.4.